The molecule has 1 nitrogen and oxygen atoms in total. The molecule has 0 heterocycles. The Morgan fingerprint density at radius 2 is 1.92 bits per heavy atom. The summed E-state index contributed by atoms with van der Waals surface area (Å²) in [6.07, 6.45) is 0. The Kier molecular flexibility index (Phi) is 3.72. The molecule has 0 fully saturated rings. The number of anilines is 1. The van der Waals surface area contributed by atoms with Crippen LogP contribution in [0, 0.1) is 5.82 Å². The van der Waals surface area contributed by atoms with Crippen molar-refractivity contribution in [1.82, 2.24) is 0 Å². The molecule has 0 amide bonds. The second-order valence-electron chi connectivity index (χ2n) is 2.74. The van der Waals surface area contributed by atoms with Gasteiger partial charge in [-0.2, -0.15) is 0 Å². The molecule has 0 spiro atoms. The molecule has 0 atom stereocenters. The molecule has 0 saturated carbocycles. The molecule has 0 saturated heterocycles. The van der Waals surface area contributed by atoms with E-state index >= 15 is 0 Å². The van der Waals surface area contributed by atoms with Crippen LogP contribution in [-0.2, 0) is 0 Å². The third-order valence-electron chi connectivity index (χ3n) is 2.02. The number of rotatable bonds is 3. The van der Waals surface area contributed by atoms with E-state index < -0.39 is 0 Å². The largest absolute Gasteiger partial charge is 0.369 e. The number of benzene rings is 1. The van der Waals surface area contributed by atoms with E-state index in [0.717, 1.165) is 17.6 Å². The normalized spacial score (nSPS) is 10.2. The highest BCUT2D eigenvalue weighted by atomic mass is 79.9. The van der Waals surface area contributed by atoms with E-state index in [9.17, 15) is 4.39 Å². The van der Waals surface area contributed by atoms with Crippen LogP contribution in [0.25, 0.3) is 0 Å². The minimum Gasteiger partial charge on any atom is -0.369 e. The van der Waals surface area contributed by atoms with Crippen LogP contribution in [0.5, 0.6) is 0 Å². The first-order valence-electron chi connectivity index (χ1n) is 4.39. The maximum atomic E-state index is 13.4. The van der Waals surface area contributed by atoms with Crippen LogP contribution in [-0.4, -0.2) is 13.1 Å². The quantitative estimate of drug-likeness (QED) is 0.789. The molecule has 0 unspecified atom stereocenters. The van der Waals surface area contributed by atoms with Gasteiger partial charge in [0.2, 0.25) is 0 Å². The highest BCUT2D eigenvalue weighted by Crippen LogP contribution is 2.28. The van der Waals surface area contributed by atoms with Gasteiger partial charge in [-0.25, -0.2) is 4.39 Å². The molecule has 0 aliphatic rings. The van der Waals surface area contributed by atoms with Crippen molar-refractivity contribution < 1.29 is 4.39 Å². The van der Waals surface area contributed by atoms with Crippen LogP contribution in [0.4, 0.5) is 10.1 Å². The van der Waals surface area contributed by atoms with E-state index in [1.807, 2.05) is 24.8 Å². The Morgan fingerprint density at radius 1 is 1.31 bits per heavy atom. The molecule has 0 aliphatic heterocycles. The van der Waals surface area contributed by atoms with E-state index in [-0.39, 0.29) is 5.82 Å². The highest BCUT2D eigenvalue weighted by molar-refractivity contribution is 9.10. The SMILES string of the molecule is CCN(CC)c1c(F)cccc1Br. The first-order chi connectivity index (χ1) is 6.20. The summed E-state index contributed by atoms with van der Waals surface area (Å²) >= 11 is 3.35. The molecular weight excluding hydrogens is 233 g/mol. The Morgan fingerprint density at radius 3 is 2.38 bits per heavy atom. The number of para-hydroxylation sites is 1. The summed E-state index contributed by atoms with van der Waals surface area (Å²) in [5, 5.41) is 0. The van der Waals surface area contributed by atoms with Crippen LogP contribution in [0.15, 0.2) is 22.7 Å². The molecule has 0 aromatic heterocycles. The van der Waals surface area contributed by atoms with Gasteiger partial charge >= 0.3 is 0 Å². The molecule has 0 radical (unpaired) electrons. The summed E-state index contributed by atoms with van der Waals surface area (Å²) in [6, 6.07) is 5.04. The van der Waals surface area contributed by atoms with Crippen LogP contribution in [0.1, 0.15) is 13.8 Å². The summed E-state index contributed by atoms with van der Waals surface area (Å²) < 4.78 is 14.2. The van der Waals surface area contributed by atoms with Gasteiger partial charge < -0.3 is 4.90 Å². The van der Waals surface area contributed by atoms with Crippen molar-refractivity contribution in [1.29, 1.82) is 0 Å². The number of hydrogen-bond donors (Lipinski definition) is 0. The van der Waals surface area contributed by atoms with E-state index in [4.69, 9.17) is 0 Å². The average molecular weight is 246 g/mol. The lowest BCUT2D eigenvalue weighted by molar-refractivity contribution is 0.619. The van der Waals surface area contributed by atoms with Crippen molar-refractivity contribution in [3.63, 3.8) is 0 Å². The Balaban J connectivity index is 3.10. The highest BCUT2D eigenvalue weighted by Gasteiger charge is 2.11. The average Bonchev–Trinajstić information content (AvgIpc) is 2.11. The van der Waals surface area contributed by atoms with Gasteiger partial charge in [-0.15, -0.1) is 0 Å². The van der Waals surface area contributed by atoms with Crippen molar-refractivity contribution in [2.24, 2.45) is 0 Å². The summed E-state index contributed by atoms with van der Waals surface area (Å²) in [5.74, 6) is -0.168. The van der Waals surface area contributed by atoms with Gasteiger partial charge in [0.1, 0.15) is 5.82 Å². The summed E-state index contributed by atoms with van der Waals surface area (Å²) in [6.45, 7) is 5.66. The van der Waals surface area contributed by atoms with E-state index in [1.54, 1.807) is 6.07 Å². The third kappa shape index (κ3) is 2.21. The smallest absolute Gasteiger partial charge is 0.147 e. The minimum atomic E-state index is -0.168. The van der Waals surface area contributed by atoms with Gasteiger partial charge in [0, 0.05) is 17.6 Å². The maximum absolute atomic E-state index is 13.4. The van der Waals surface area contributed by atoms with Crippen molar-refractivity contribution in [3.8, 4) is 0 Å². The van der Waals surface area contributed by atoms with E-state index in [2.05, 4.69) is 15.9 Å². The third-order valence-corrected chi connectivity index (χ3v) is 2.66. The fourth-order valence-corrected chi connectivity index (χ4v) is 1.92. The maximum Gasteiger partial charge on any atom is 0.147 e. The standard InChI is InChI=1S/C10H13BrFN/c1-3-13(4-2)10-8(11)6-5-7-9(10)12/h5-7H,3-4H2,1-2H3. The summed E-state index contributed by atoms with van der Waals surface area (Å²) in [4.78, 5) is 1.99. The zero-order valence-electron chi connectivity index (χ0n) is 7.85. The molecule has 1 aromatic carbocycles. The first-order valence-corrected chi connectivity index (χ1v) is 5.19. The van der Waals surface area contributed by atoms with Gasteiger partial charge in [-0.1, -0.05) is 6.07 Å². The zero-order valence-corrected chi connectivity index (χ0v) is 9.44. The Labute approximate surface area is 86.7 Å². The monoisotopic (exact) mass is 245 g/mol. The van der Waals surface area contributed by atoms with Crippen LogP contribution < -0.4 is 4.90 Å². The lowest BCUT2D eigenvalue weighted by Gasteiger charge is -2.22. The summed E-state index contributed by atoms with van der Waals surface area (Å²) in [7, 11) is 0. The Bertz CT molecular complexity index is 264. The fraction of sp³-hybridized carbons (Fsp3) is 0.400. The van der Waals surface area contributed by atoms with Gasteiger partial charge in [-0.3, -0.25) is 0 Å². The predicted octanol–water partition coefficient (Wildman–Crippen LogP) is 3.43. The van der Waals surface area contributed by atoms with Crippen LogP contribution in [0.3, 0.4) is 0 Å². The lowest BCUT2D eigenvalue weighted by Crippen LogP contribution is -2.23. The van der Waals surface area contributed by atoms with Gasteiger partial charge in [0.05, 0.1) is 5.69 Å². The van der Waals surface area contributed by atoms with E-state index in [0.29, 0.717) is 5.69 Å². The Hall–Kier alpha value is -0.570. The molecule has 72 valence electrons. The second kappa shape index (κ2) is 4.61. The summed E-state index contributed by atoms with van der Waals surface area (Å²) in [5.41, 5.74) is 0.660. The number of nitrogens with zero attached hydrogens (tertiary/aromatic N) is 1. The fourth-order valence-electron chi connectivity index (χ4n) is 1.33. The van der Waals surface area contributed by atoms with Gasteiger partial charge in [0.25, 0.3) is 0 Å². The van der Waals surface area contributed by atoms with Crippen LogP contribution >= 0.6 is 15.9 Å². The van der Waals surface area contributed by atoms with Crippen molar-refractivity contribution in [3.05, 3.63) is 28.5 Å². The topological polar surface area (TPSA) is 3.24 Å². The molecule has 1 aromatic rings. The van der Waals surface area contributed by atoms with Crippen molar-refractivity contribution >= 4 is 21.6 Å². The first kappa shape index (κ1) is 10.5. The molecule has 0 aliphatic carbocycles. The van der Waals surface area contributed by atoms with Crippen molar-refractivity contribution in [2.45, 2.75) is 13.8 Å². The predicted molar refractivity (Wildman–Crippen MR) is 57.7 cm³/mol. The number of hydrogen-bond acceptors (Lipinski definition) is 1. The van der Waals surface area contributed by atoms with E-state index in [1.165, 1.54) is 6.07 Å². The molecule has 1 rings (SSSR count). The molecule has 3 heteroatoms. The molecule has 13 heavy (non-hydrogen) atoms. The second-order valence-corrected chi connectivity index (χ2v) is 3.60. The van der Waals surface area contributed by atoms with Gasteiger partial charge in [-0.05, 0) is 41.9 Å². The molecular formula is C10H13BrFN. The lowest BCUT2D eigenvalue weighted by atomic mass is 10.2. The number of halogens is 2. The van der Waals surface area contributed by atoms with Crippen molar-refractivity contribution in [2.75, 3.05) is 18.0 Å². The minimum absolute atomic E-state index is 0.168. The van der Waals surface area contributed by atoms with Gasteiger partial charge in [0.15, 0.2) is 0 Å². The zero-order chi connectivity index (χ0) is 9.84. The molecule has 0 bridgehead atoms. The van der Waals surface area contributed by atoms with Crippen LogP contribution in [0.2, 0.25) is 0 Å². The molecule has 0 N–H and O–H groups in total.